The Labute approximate surface area is 141 Å². The van der Waals surface area contributed by atoms with Crippen LogP contribution in [0.15, 0.2) is 0 Å². The average molecular weight is 328 g/mol. The molecule has 136 valence electrons. The summed E-state index contributed by atoms with van der Waals surface area (Å²) in [7, 11) is 0. The van der Waals surface area contributed by atoms with Crippen LogP contribution in [0.2, 0.25) is 0 Å². The molecule has 2 unspecified atom stereocenters. The third-order valence-electron chi connectivity index (χ3n) is 4.57. The first-order valence-electron chi connectivity index (χ1n) is 9.45. The second kappa shape index (κ2) is 14.5. The van der Waals surface area contributed by atoms with Gasteiger partial charge in [0.15, 0.2) is 0 Å². The lowest BCUT2D eigenvalue weighted by Crippen LogP contribution is -2.18. The van der Waals surface area contributed by atoms with Crippen molar-refractivity contribution in [3.05, 3.63) is 0 Å². The predicted octanol–water partition coefficient (Wildman–Crippen LogP) is 5.50. The fourth-order valence-electron chi connectivity index (χ4n) is 3.24. The molecule has 0 rings (SSSR count). The highest BCUT2D eigenvalue weighted by molar-refractivity contribution is 5.69. The highest BCUT2D eigenvalue weighted by Crippen LogP contribution is 2.27. The van der Waals surface area contributed by atoms with E-state index in [4.69, 9.17) is 5.11 Å². The van der Waals surface area contributed by atoms with Gasteiger partial charge in [0.2, 0.25) is 0 Å². The Kier molecular flexibility index (Phi) is 13.9. The van der Waals surface area contributed by atoms with Crippen molar-refractivity contribution >= 4 is 11.9 Å². The molecule has 0 aromatic rings. The van der Waals surface area contributed by atoms with E-state index in [-0.39, 0.29) is 12.3 Å². The van der Waals surface area contributed by atoms with E-state index in [0.717, 1.165) is 51.4 Å². The topological polar surface area (TPSA) is 74.6 Å². The van der Waals surface area contributed by atoms with Crippen molar-refractivity contribution in [3.8, 4) is 0 Å². The monoisotopic (exact) mass is 328 g/mol. The van der Waals surface area contributed by atoms with Crippen LogP contribution in [0.1, 0.15) is 97.3 Å². The first-order chi connectivity index (χ1) is 11.0. The van der Waals surface area contributed by atoms with Gasteiger partial charge in [-0.2, -0.15) is 0 Å². The number of aliphatic carboxylic acids is 2. The Morgan fingerprint density at radius 1 is 0.783 bits per heavy atom. The number of carbonyl (C=O) groups is 2. The van der Waals surface area contributed by atoms with Gasteiger partial charge in [-0.1, -0.05) is 71.6 Å². The molecule has 0 spiro atoms. The molecule has 0 amide bonds. The van der Waals surface area contributed by atoms with Crippen LogP contribution in [0.4, 0.5) is 0 Å². The van der Waals surface area contributed by atoms with Crippen molar-refractivity contribution in [1.29, 1.82) is 0 Å². The molecule has 0 aliphatic rings. The molecule has 2 atom stereocenters. The van der Waals surface area contributed by atoms with Gasteiger partial charge in [-0.15, -0.1) is 0 Å². The van der Waals surface area contributed by atoms with Gasteiger partial charge in [0.1, 0.15) is 0 Å². The van der Waals surface area contributed by atoms with E-state index in [1.54, 1.807) is 0 Å². The minimum absolute atomic E-state index is 0.221. The number of carboxylic acid groups (broad SMARTS) is 2. The highest BCUT2D eigenvalue weighted by Gasteiger charge is 2.21. The highest BCUT2D eigenvalue weighted by atomic mass is 16.4. The summed E-state index contributed by atoms with van der Waals surface area (Å²) in [6, 6.07) is 0. The zero-order valence-electron chi connectivity index (χ0n) is 15.1. The lowest BCUT2D eigenvalue weighted by atomic mass is 9.85. The second-order valence-corrected chi connectivity index (χ2v) is 6.77. The summed E-state index contributed by atoms with van der Waals surface area (Å²) in [5, 5.41) is 18.1. The van der Waals surface area contributed by atoms with Crippen molar-refractivity contribution in [3.63, 3.8) is 0 Å². The molecular weight excluding hydrogens is 292 g/mol. The molecule has 0 radical (unpaired) electrons. The molecule has 0 saturated heterocycles. The summed E-state index contributed by atoms with van der Waals surface area (Å²) < 4.78 is 0. The van der Waals surface area contributed by atoms with Crippen molar-refractivity contribution < 1.29 is 19.8 Å². The standard InChI is InChI=1S/C19H36O4/c1-3-5-8-12-16(11-4-2)15-17(19(22)23)13-9-6-7-10-14-18(20)21/h16-17H,3-15H2,1-2H3,(H,20,21)(H,22,23). The van der Waals surface area contributed by atoms with Gasteiger partial charge < -0.3 is 10.2 Å². The average Bonchev–Trinajstić information content (AvgIpc) is 2.49. The minimum Gasteiger partial charge on any atom is -0.481 e. The zero-order valence-corrected chi connectivity index (χ0v) is 15.1. The molecule has 4 nitrogen and oxygen atoms in total. The first kappa shape index (κ1) is 21.9. The Hall–Kier alpha value is -1.06. The van der Waals surface area contributed by atoms with E-state index >= 15 is 0 Å². The quantitative estimate of drug-likeness (QED) is 0.367. The van der Waals surface area contributed by atoms with E-state index < -0.39 is 11.9 Å². The largest absolute Gasteiger partial charge is 0.481 e. The van der Waals surface area contributed by atoms with E-state index in [2.05, 4.69) is 13.8 Å². The van der Waals surface area contributed by atoms with E-state index in [1.165, 1.54) is 19.3 Å². The molecule has 0 aromatic heterocycles. The molecule has 2 N–H and O–H groups in total. The molecular formula is C19H36O4. The smallest absolute Gasteiger partial charge is 0.306 e. The van der Waals surface area contributed by atoms with Crippen LogP contribution in [-0.4, -0.2) is 22.2 Å². The van der Waals surface area contributed by atoms with Gasteiger partial charge in [-0.3, -0.25) is 9.59 Å². The Morgan fingerprint density at radius 2 is 1.43 bits per heavy atom. The van der Waals surface area contributed by atoms with Gasteiger partial charge in [-0.25, -0.2) is 0 Å². The molecule has 0 heterocycles. The Balaban J connectivity index is 4.09. The summed E-state index contributed by atoms with van der Waals surface area (Å²) in [6.07, 6.45) is 12.2. The molecule has 23 heavy (non-hydrogen) atoms. The number of carboxylic acids is 2. The number of unbranched alkanes of at least 4 members (excludes halogenated alkanes) is 5. The minimum atomic E-state index is -0.747. The number of rotatable bonds is 16. The Bertz CT molecular complexity index is 314. The van der Waals surface area contributed by atoms with Gasteiger partial charge in [0, 0.05) is 6.42 Å². The second-order valence-electron chi connectivity index (χ2n) is 6.77. The van der Waals surface area contributed by atoms with Crippen molar-refractivity contribution in [2.75, 3.05) is 0 Å². The summed E-state index contributed by atoms with van der Waals surface area (Å²) in [6.45, 7) is 4.37. The van der Waals surface area contributed by atoms with Gasteiger partial charge in [-0.05, 0) is 25.2 Å². The van der Waals surface area contributed by atoms with Crippen LogP contribution in [0, 0.1) is 11.8 Å². The molecule has 0 aromatic carbocycles. The van der Waals surface area contributed by atoms with Crippen LogP contribution in [-0.2, 0) is 9.59 Å². The summed E-state index contributed by atoms with van der Waals surface area (Å²) in [5.41, 5.74) is 0. The third-order valence-corrected chi connectivity index (χ3v) is 4.57. The van der Waals surface area contributed by atoms with Crippen molar-refractivity contribution in [2.45, 2.75) is 97.3 Å². The SMILES string of the molecule is CCCCCC(CCC)CC(CCCCCCC(=O)O)C(=O)O. The van der Waals surface area contributed by atoms with Gasteiger partial charge >= 0.3 is 11.9 Å². The summed E-state index contributed by atoms with van der Waals surface area (Å²) in [4.78, 5) is 21.9. The van der Waals surface area contributed by atoms with Gasteiger partial charge in [0.05, 0.1) is 5.92 Å². The summed E-state index contributed by atoms with van der Waals surface area (Å²) >= 11 is 0. The Morgan fingerprint density at radius 3 is 2.00 bits per heavy atom. The maximum absolute atomic E-state index is 11.5. The maximum Gasteiger partial charge on any atom is 0.306 e. The molecule has 0 saturated carbocycles. The van der Waals surface area contributed by atoms with Crippen molar-refractivity contribution in [2.24, 2.45) is 11.8 Å². The van der Waals surface area contributed by atoms with Gasteiger partial charge in [0.25, 0.3) is 0 Å². The van der Waals surface area contributed by atoms with Crippen molar-refractivity contribution in [1.82, 2.24) is 0 Å². The molecule has 0 aliphatic carbocycles. The van der Waals surface area contributed by atoms with Crippen LogP contribution < -0.4 is 0 Å². The number of hydrogen-bond acceptors (Lipinski definition) is 2. The van der Waals surface area contributed by atoms with E-state index in [0.29, 0.717) is 12.3 Å². The molecule has 0 fully saturated rings. The fraction of sp³-hybridized carbons (Fsp3) is 0.895. The van der Waals surface area contributed by atoms with Crippen LogP contribution in [0.5, 0.6) is 0 Å². The molecule has 4 heteroatoms. The molecule has 0 aliphatic heterocycles. The zero-order chi connectivity index (χ0) is 17.5. The third kappa shape index (κ3) is 13.1. The normalized spacial score (nSPS) is 13.7. The fourth-order valence-corrected chi connectivity index (χ4v) is 3.24. The van der Waals surface area contributed by atoms with E-state index in [1.807, 2.05) is 0 Å². The predicted molar refractivity (Wildman–Crippen MR) is 93.6 cm³/mol. The summed E-state index contributed by atoms with van der Waals surface area (Å²) in [5.74, 6) is -1.10. The van der Waals surface area contributed by atoms with Crippen LogP contribution in [0.3, 0.4) is 0 Å². The lowest BCUT2D eigenvalue weighted by molar-refractivity contribution is -0.142. The van der Waals surface area contributed by atoms with E-state index in [9.17, 15) is 14.7 Å². The first-order valence-corrected chi connectivity index (χ1v) is 9.45. The maximum atomic E-state index is 11.5. The number of hydrogen-bond donors (Lipinski definition) is 2. The lowest BCUT2D eigenvalue weighted by Gasteiger charge is -2.21. The molecule has 0 bridgehead atoms. The van der Waals surface area contributed by atoms with Crippen LogP contribution >= 0.6 is 0 Å². The van der Waals surface area contributed by atoms with Crippen LogP contribution in [0.25, 0.3) is 0 Å².